The van der Waals surface area contributed by atoms with Crippen molar-refractivity contribution in [3.05, 3.63) is 28.8 Å². The Balaban J connectivity index is 2.68. The molecule has 0 unspecified atom stereocenters. The molecule has 0 aliphatic carbocycles. The summed E-state index contributed by atoms with van der Waals surface area (Å²) in [6.45, 7) is 8.52. The number of carbonyl (C=O) groups is 1. The maximum Gasteiger partial charge on any atom is 0.343 e. The van der Waals surface area contributed by atoms with E-state index in [-0.39, 0.29) is 6.61 Å². The number of nitrogens with one attached hydrogen (secondary N) is 1. The molecule has 0 bridgehead atoms. The van der Waals surface area contributed by atoms with Crippen LogP contribution in [-0.2, 0) is 16.1 Å². The van der Waals surface area contributed by atoms with Gasteiger partial charge in [-0.2, -0.15) is 0 Å². The molecule has 0 saturated carbocycles. The van der Waals surface area contributed by atoms with Gasteiger partial charge in [0.1, 0.15) is 5.75 Å². The van der Waals surface area contributed by atoms with Crippen LogP contribution in [0.4, 0.5) is 0 Å². The molecule has 0 heterocycles. The van der Waals surface area contributed by atoms with Gasteiger partial charge in [-0.3, -0.25) is 0 Å². The summed E-state index contributed by atoms with van der Waals surface area (Å²) < 4.78 is 10.1. The van der Waals surface area contributed by atoms with E-state index in [9.17, 15) is 9.90 Å². The van der Waals surface area contributed by atoms with Gasteiger partial charge < -0.3 is 19.9 Å². The van der Waals surface area contributed by atoms with Crippen LogP contribution in [0.2, 0.25) is 0 Å². The van der Waals surface area contributed by atoms with Crippen molar-refractivity contribution in [3.63, 3.8) is 0 Å². The fraction of sp³-hybridized carbons (Fsp3) is 0.562. The van der Waals surface area contributed by atoms with Crippen LogP contribution in [0.15, 0.2) is 12.1 Å². The molecular formula is C16H25NO4. The third-order valence-corrected chi connectivity index (χ3v) is 2.97. The molecule has 2 N–H and O–H groups in total. The average Bonchev–Trinajstić information content (AvgIpc) is 2.35. The fourth-order valence-electron chi connectivity index (χ4n) is 2.07. The van der Waals surface area contributed by atoms with Crippen molar-refractivity contribution in [3.8, 4) is 5.75 Å². The monoisotopic (exact) mass is 295 g/mol. The first-order valence-corrected chi connectivity index (χ1v) is 6.96. The molecule has 0 aliphatic rings. The second kappa shape index (κ2) is 7.43. The molecule has 1 rings (SSSR count). The highest BCUT2D eigenvalue weighted by atomic mass is 16.6. The van der Waals surface area contributed by atoms with Gasteiger partial charge in [0.2, 0.25) is 0 Å². The Morgan fingerprint density at radius 2 is 1.86 bits per heavy atom. The van der Waals surface area contributed by atoms with Crippen molar-refractivity contribution >= 4 is 5.97 Å². The van der Waals surface area contributed by atoms with Gasteiger partial charge in [0, 0.05) is 13.1 Å². The van der Waals surface area contributed by atoms with Gasteiger partial charge in [0.05, 0.1) is 12.7 Å². The minimum atomic E-state index is -0.729. The molecule has 21 heavy (non-hydrogen) atoms. The number of rotatable bonds is 7. The minimum Gasteiger partial charge on any atom is -0.481 e. The lowest BCUT2D eigenvalue weighted by molar-refractivity contribution is -0.142. The number of aryl methyl sites for hydroxylation is 2. The van der Waals surface area contributed by atoms with Gasteiger partial charge in [-0.1, -0.05) is 12.1 Å². The molecule has 1 aromatic rings. The van der Waals surface area contributed by atoms with E-state index in [0.717, 1.165) is 16.7 Å². The van der Waals surface area contributed by atoms with Crippen molar-refractivity contribution in [2.75, 3.05) is 20.3 Å². The summed E-state index contributed by atoms with van der Waals surface area (Å²) in [6, 6.07) is 4.02. The van der Waals surface area contributed by atoms with Crippen LogP contribution < -0.4 is 10.1 Å². The highest BCUT2D eigenvalue weighted by Gasteiger charge is 2.12. The lowest BCUT2D eigenvalue weighted by Crippen LogP contribution is -2.34. The summed E-state index contributed by atoms with van der Waals surface area (Å²) in [5.74, 6) is 0.316. The maximum absolute atomic E-state index is 11.1. The topological polar surface area (TPSA) is 67.8 Å². The number of esters is 1. The molecule has 0 spiro atoms. The van der Waals surface area contributed by atoms with E-state index in [1.54, 1.807) is 13.8 Å². The number of carbonyl (C=O) groups excluding carboxylic acids is 1. The summed E-state index contributed by atoms with van der Waals surface area (Å²) in [4.78, 5) is 11.1. The molecule has 0 radical (unpaired) electrons. The van der Waals surface area contributed by atoms with Gasteiger partial charge in [0.15, 0.2) is 6.61 Å². The van der Waals surface area contributed by atoms with Crippen LogP contribution in [0.5, 0.6) is 5.75 Å². The first kappa shape index (κ1) is 17.5. The molecule has 0 aromatic heterocycles. The van der Waals surface area contributed by atoms with Gasteiger partial charge in [0.25, 0.3) is 0 Å². The number of hydrogen-bond acceptors (Lipinski definition) is 5. The molecular weight excluding hydrogens is 270 g/mol. The summed E-state index contributed by atoms with van der Waals surface area (Å²) in [5.41, 5.74) is 2.32. The second-order valence-electron chi connectivity index (χ2n) is 5.84. The summed E-state index contributed by atoms with van der Waals surface area (Å²) in [7, 11) is 1.34. The lowest BCUT2D eigenvalue weighted by atomic mass is 10.1. The van der Waals surface area contributed by atoms with Crippen LogP contribution in [0.3, 0.4) is 0 Å². The Hall–Kier alpha value is -1.59. The SMILES string of the molecule is COC(=O)COc1c(C)cc(CNCC(C)(C)O)cc1C. The second-order valence-corrected chi connectivity index (χ2v) is 5.84. The largest absolute Gasteiger partial charge is 0.481 e. The Bertz CT molecular complexity index is 469. The molecule has 5 nitrogen and oxygen atoms in total. The van der Waals surface area contributed by atoms with Crippen molar-refractivity contribution in [2.45, 2.75) is 39.8 Å². The predicted molar refractivity (Wildman–Crippen MR) is 81.4 cm³/mol. The zero-order chi connectivity index (χ0) is 16.0. The quantitative estimate of drug-likeness (QED) is 0.750. The van der Waals surface area contributed by atoms with E-state index in [2.05, 4.69) is 10.1 Å². The van der Waals surface area contributed by atoms with E-state index < -0.39 is 11.6 Å². The van der Waals surface area contributed by atoms with Crippen LogP contribution in [0.1, 0.15) is 30.5 Å². The van der Waals surface area contributed by atoms with Gasteiger partial charge >= 0.3 is 5.97 Å². The fourth-order valence-corrected chi connectivity index (χ4v) is 2.07. The van der Waals surface area contributed by atoms with E-state index in [0.29, 0.717) is 18.8 Å². The first-order chi connectivity index (χ1) is 9.73. The highest BCUT2D eigenvalue weighted by Crippen LogP contribution is 2.24. The average molecular weight is 295 g/mol. The molecule has 0 saturated heterocycles. The van der Waals surface area contributed by atoms with Crippen molar-refractivity contribution in [1.29, 1.82) is 0 Å². The summed E-state index contributed by atoms with van der Waals surface area (Å²) >= 11 is 0. The van der Waals surface area contributed by atoms with Crippen LogP contribution in [-0.4, -0.2) is 36.9 Å². The van der Waals surface area contributed by atoms with E-state index >= 15 is 0 Å². The zero-order valence-electron chi connectivity index (χ0n) is 13.4. The number of methoxy groups -OCH3 is 1. The molecule has 1 aromatic carbocycles. The van der Waals surface area contributed by atoms with Crippen LogP contribution >= 0.6 is 0 Å². The van der Waals surface area contributed by atoms with E-state index in [1.807, 2.05) is 26.0 Å². The minimum absolute atomic E-state index is 0.0888. The third-order valence-electron chi connectivity index (χ3n) is 2.97. The molecule has 0 atom stereocenters. The Morgan fingerprint density at radius 1 is 1.29 bits per heavy atom. The number of hydrogen-bond donors (Lipinski definition) is 2. The zero-order valence-corrected chi connectivity index (χ0v) is 13.4. The van der Waals surface area contributed by atoms with Crippen molar-refractivity contribution in [2.24, 2.45) is 0 Å². The predicted octanol–water partition coefficient (Wildman–Crippen LogP) is 1.72. The summed E-state index contributed by atoms with van der Waals surface area (Å²) in [6.07, 6.45) is 0. The van der Waals surface area contributed by atoms with Gasteiger partial charge in [-0.05, 0) is 44.4 Å². The van der Waals surface area contributed by atoms with Gasteiger partial charge in [-0.25, -0.2) is 4.79 Å². The molecule has 0 fully saturated rings. The molecule has 0 amide bonds. The summed E-state index contributed by atoms with van der Waals surface area (Å²) in [5, 5.41) is 12.9. The van der Waals surface area contributed by atoms with Crippen molar-refractivity contribution in [1.82, 2.24) is 5.32 Å². The van der Waals surface area contributed by atoms with Gasteiger partial charge in [-0.15, -0.1) is 0 Å². The standard InChI is InChI=1S/C16H25NO4/c1-11-6-13(8-17-10-16(3,4)19)7-12(2)15(11)21-9-14(18)20-5/h6-7,17,19H,8-10H2,1-5H3. The van der Waals surface area contributed by atoms with E-state index in [1.165, 1.54) is 7.11 Å². The number of ether oxygens (including phenoxy) is 2. The molecule has 5 heteroatoms. The Labute approximate surface area is 126 Å². The highest BCUT2D eigenvalue weighted by molar-refractivity contribution is 5.71. The molecule has 118 valence electrons. The lowest BCUT2D eigenvalue weighted by Gasteiger charge is -2.18. The maximum atomic E-state index is 11.1. The first-order valence-electron chi connectivity index (χ1n) is 6.96. The number of benzene rings is 1. The number of aliphatic hydroxyl groups is 1. The van der Waals surface area contributed by atoms with Crippen molar-refractivity contribution < 1.29 is 19.4 Å². The smallest absolute Gasteiger partial charge is 0.343 e. The molecule has 0 aliphatic heterocycles. The Kier molecular flexibility index (Phi) is 6.18. The van der Waals surface area contributed by atoms with Crippen LogP contribution in [0, 0.1) is 13.8 Å². The van der Waals surface area contributed by atoms with Crippen LogP contribution in [0.25, 0.3) is 0 Å². The third kappa shape index (κ3) is 6.14. The van der Waals surface area contributed by atoms with E-state index in [4.69, 9.17) is 4.74 Å². The Morgan fingerprint density at radius 3 is 2.33 bits per heavy atom. The normalized spacial score (nSPS) is 11.3.